The summed E-state index contributed by atoms with van der Waals surface area (Å²) in [6.07, 6.45) is 2.86. The van der Waals surface area contributed by atoms with E-state index >= 15 is 0 Å². The van der Waals surface area contributed by atoms with E-state index in [9.17, 15) is 4.79 Å². The van der Waals surface area contributed by atoms with E-state index in [0.717, 1.165) is 25.1 Å². The molecular weight excluding hydrogens is 289 g/mol. The van der Waals surface area contributed by atoms with Crippen molar-refractivity contribution in [3.63, 3.8) is 0 Å². The lowest BCUT2D eigenvalue weighted by Gasteiger charge is -2.26. The van der Waals surface area contributed by atoms with Crippen molar-refractivity contribution in [1.82, 2.24) is 0 Å². The predicted molar refractivity (Wildman–Crippen MR) is 65.4 cm³/mol. The fraction of sp³-hybridized carbons (Fsp3) is 0.364. The highest BCUT2D eigenvalue weighted by molar-refractivity contribution is 14.1. The smallest absolute Gasteiger partial charge is 0.226 e. The van der Waals surface area contributed by atoms with Crippen molar-refractivity contribution in [3.8, 4) is 0 Å². The van der Waals surface area contributed by atoms with Crippen LogP contribution in [0, 0.1) is 3.57 Å². The summed E-state index contributed by atoms with van der Waals surface area (Å²) in [6.45, 7) is 0.874. The van der Waals surface area contributed by atoms with Crippen LogP contribution in [0.3, 0.4) is 0 Å². The van der Waals surface area contributed by atoms with E-state index in [1.807, 2.05) is 29.2 Å². The highest BCUT2D eigenvalue weighted by Crippen LogP contribution is 2.21. The van der Waals surface area contributed by atoms with Gasteiger partial charge in [0, 0.05) is 22.2 Å². The molecule has 1 heterocycles. The van der Waals surface area contributed by atoms with Crippen LogP contribution < -0.4 is 4.90 Å². The first-order valence-electron chi connectivity index (χ1n) is 4.83. The molecule has 0 aromatic heterocycles. The molecule has 0 spiro atoms. The number of hydrogen-bond acceptors (Lipinski definition) is 1. The van der Waals surface area contributed by atoms with Gasteiger partial charge in [-0.1, -0.05) is 0 Å². The topological polar surface area (TPSA) is 20.3 Å². The van der Waals surface area contributed by atoms with Crippen molar-refractivity contribution in [2.45, 2.75) is 19.3 Å². The summed E-state index contributed by atoms with van der Waals surface area (Å²) in [6, 6.07) is 8.12. The first-order chi connectivity index (χ1) is 6.77. The van der Waals surface area contributed by atoms with E-state index in [0.29, 0.717) is 6.42 Å². The number of rotatable bonds is 1. The molecule has 0 aliphatic carbocycles. The molecule has 1 aromatic carbocycles. The Morgan fingerprint density at radius 1 is 1.14 bits per heavy atom. The zero-order chi connectivity index (χ0) is 9.97. The van der Waals surface area contributed by atoms with Crippen LogP contribution in [0.2, 0.25) is 0 Å². The Bertz CT molecular complexity index is 334. The molecule has 1 amide bonds. The maximum absolute atomic E-state index is 11.6. The Labute approximate surface area is 97.4 Å². The van der Waals surface area contributed by atoms with Crippen LogP contribution in [0.1, 0.15) is 19.3 Å². The Morgan fingerprint density at radius 2 is 1.86 bits per heavy atom. The summed E-state index contributed by atoms with van der Waals surface area (Å²) in [5.74, 6) is 0.262. The molecule has 1 aromatic rings. The van der Waals surface area contributed by atoms with Gasteiger partial charge in [0.25, 0.3) is 0 Å². The number of benzene rings is 1. The second-order valence-electron chi connectivity index (χ2n) is 3.48. The van der Waals surface area contributed by atoms with Crippen LogP contribution in [-0.4, -0.2) is 12.5 Å². The SMILES string of the molecule is O=C1CCCCN1c1ccc(I)cc1. The normalized spacial score (nSPS) is 17.2. The second-order valence-corrected chi connectivity index (χ2v) is 4.72. The minimum absolute atomic E-state index is 0.262. The van der Waals surface area contributed by atoms with Crippen molar-refractivity contribution in [1.29, 1.82) is 0 Å². The molecule has 0 atom stereocenters. The second kappa shape index (κ2) is 4.29. The van der Waals surface area contributed by atoms with E-state index in [1.54, 1.807) is 0 Å². The van der Waals surface area contributed by atoms with Crippen molar-refractivity contribution in [3.05, 3.63) is 27.8 Å². The fourth-order valence-corrected chi connectivity index (χ4v) is 2.06. The average molecular weight is 301 g/mol. The van der Waals surface area contributed by atoms with Gasteiger partial charge in [0.1, 0.15) is 0 Å². The van der Waals surface area contributed by atoms with Crippen molar-refractivity contribution >= 4 is 34.2 Å². The lowest BCUT2D eigenvalue weighted by Crippen LogP contribution is -2.35. The van der Waals surface area contributed by atoms with E-state index < -0.39 is 0 Å². The van der Waals surface area contributed by atoms with Gasteiger partial charge < -0.3 is 4.90 Å². The van der Waals surface area contributed by atoms with Crippen LogP contribution in [0.25, 0.3) is 0 Å². The molecule has 0 radical (unpaired) electrons. The lowest BCUT2D eigenvalue weighted by molar-refractivity contribution is -0.119. The third-order valence-electron chi connectivity index (χ3n) is 2.46. The van der Waals surface area contributed by atoms with E-state index in [4.69, 9.17) is 0 Å². The van der Waals surface area contributed by atoms with Crippen molar-refractivity contribution in [2.75, 3.05) is 11.4 Å². The molecule has 1 fully saturated rings. The third-order valence-corrected chi connectivity index (χ3v) is 3.18. The highest BCUT2D eigenvalue weighted by atomic mass is 127. The summed E-state index contributed by atoms with van der Waals surface area (Å²) in [4.78, 5) is 13.5. The quantitative estimate of drug-likeness (QED) is 0.730. The molecule has 14 heavy (non-hydrogen) atoms. The fourth-order valence-electron chi connectivity index (χ4n) is 1.70. The minimum Gasteiger partial charge on any atom is -0.312 e. The highest BCUT2D eigenvalue weighted by Gasteiger charge is 2.18. The molecule has 1 aliphatic heterocycles. The van der Waals surface area contributed by atoms with Crippen molar-refractivity contribution < 1.29 is 4.79 Å². The molecular formula is C11H12INO. The zero-order valence-electron chi connectivity index (χ0n) is 7.87. The molecule has 2 nitrogen and oxygen atoms in total. The number of carbonyl (C=O) groups is 1. The maximum atomic E-state index is 11.6. The number of hydrogen-bond donors (Lipinski definition) is 0. The van der Waals surface area contributed by atoms with Gasteiger partial charge in [-0.2, -0.15) is 0 Å². The minimum atomic E-state index is 0.262. The standard InChI is InChI=1S/C11H12INO/c12-9-4-6-10(7-5-9)13-8-2-1-3-11(13)14/h4-7H,1-3,8H2. The summed E-state index contributed by atoms with van der Waals surface area (Å²) in [5.41, 5.74) is 1.04. The van der Waals surface area contributed by atoms with E-state index in [1.165, 1.54) is 3.57 Å². The van der Waals surface area contributed by atoms with Gasteiger partial charge in [-0.15, -0.1) is 0 Å². The molecule has 0 saturated carbocycles. The van der Waals surface area contributed by atoms with Gasteiger partial charge in [0.15, 0.2) is 0 Å². The van der Waals surface area contributed by atoms with Crippen LogP contribution in [0.4, 0.5) is 5.69 Å². The first-order valence-corrected chi connectivity index (χ1v) is 5.91. The van der Waals surface area contributed by atoms with Gasteiger partial charge in [-0.3, -0.25) is 4.79 Å². The molecule has 0 bridgehead atoms. The van der Waals surface area contributed by atoms with Gasteiger partial charge >= 0.3 is 0 Å². The Morgan fingerprint density at radius 3 is 2.50 bits per heavy atom. The van der Waals surface area contributed by atoms with Crippen LogP contribution in [0.15, 0.2) is 24.3 Å². The van der Waals surface area contributed by atoms with Gasteiger partial charge in [-0.25, -0.2) is 0 Å². The monoisotopic (exact) mass is 301 g/mol. The Kier molecular flexibility index (Phi) is 3.05. The van der Waals surface area contributed by atoms with Crippen LogP contribution >= 0.6 is 22.6 Å². The summed E-state index contributed by atoms with van der Waals surface area (Å²) in [7, 11) is 0. The molecule has 0 unspecified atom stereocenters. The summed E-state index contributed by atoms with van der Waals surface area (Å²) in [5, 5.41) is 0. The van der Waals surface area contributed by atoms with Crippen LogP contribution in [0.5, 0.6) is 0 Å². The molecule has 1 saturated heterocycles. The molecule has 0 N–H and O–H groups in total. The van der Waals surface area contributed by atoms with E-state index in [-0.39, 0.29) is 5.91 Å². The predicted octanol–water partition coefficient (Wildman–Crippen LogP) is 2.81. The largest absolute Gasteiger partial charge is 0.312 e. The molecule has 1 aliphatic rings. The van der Waals surface area contributed by atoms with Gasteiger partial charge in [-0.05, 0) is 59.7 Å². The summed E-state index contributed by atoms with van der Waals surface area (Å²) >= 11 is 2.27. The Hall–Kier alpha value is -0.580. The molecule has 3 heteroatoms. The average Bonchev–Trinajstić information content (AvgIpc) is 2.20. The number of carbonyl (C=O) groups excluding carboxylic acids is 1. The van der Waals surface area contributed by atoms with Crippen LogP contribution in [-0.2, 0) is 4.79 Å². The van der Waals surface area contributed by atoms with Gasteiger partial charge in [0.2, 0.25) is 5.91 Å². The number of piperidine rings is 1. The molecule has 2 rings (SSSR count). The maximum Gasteiger partial charge on any atom is 0.226 e. The number of halogens is 1. The Balaban J connectivity index is 2.20. The number of amides is 1. The first kappa shape index (κ1) is 9.96. The molecule has 74 valence electrons. The van der Waals surface area contributed by atoms with Crippen molar-refractivity contribution in [2.24, 2.45) is 0 Å². The van der Waals surface area contributed by atoms with Gasteiger partial charge in [0.05, 0.1) is 0 Å². The number of nitrogens with zero attached hydrogens (tertiary/aromatic N) is 1. The zero-order valence-corrected chi connectivity index (χ0v) is 10.0. The number of anilines is 1. The lowest BCUT2D eigenvalue weighted by atomic mass is 10.1. The third kappa shape index (κ3) is 2.08. The van der Waals surface area contributed by atoms with E-state index in [2.05, 4.69) is 22.6 Å². The summed E-state index contributed by atoms with van der Waals surface area (Å²) < 4.78 is 1.20.